The van der Waals surface area contributed by atoms with Gasteiger partial charge >= 0.3 is 0 Å². The molecule has 2 heterocycles. The van der Waals surface area contributed by atoms with Crippen LogP contribution < -0.4 is 5.32 Å². The van der Waals surface area contributed by atoms with E-state index in [-0.39, 0.29) is 6.04 Å². The Bertz CT molecular complexity index is 602. The number of hydrogen-bond donors (Lipinski definition) is 1. The van der Waals surface area contributed by atoms with Crippen LogP contribution in [0.2, 0.25) is 0 Å². The number of hydrogen-bond acceptors (Lipinski definition) is 3. The third kappa shape index (κ3) is 3.62. The molecular weight excluding hydrogens is 260 g/mol. The summed E-state index contributed by atoms with van der Waals surface area (Å²) in [4.78, 5) is 4.53. The van der Waals surface area contributed by atoms with Crippen molar-refractivity contribution < 1.29 is 0 Å². The molecule has 0 aliphatic heterocycles. The number of aromatic nitrogens is 3. The molecule has 116 valence electrons. The summed E-state index contributed by atoms with van der Waals surface area (Å²) in [6.07, 6.45) is 4.43. The van der Waals surface area contributed by atoms with Crippen molar-refractivity contribution in [3.8, 4) is 0 Å². The molecule has 0 amide bonds. The van der Waals surface area contributed by atoms with Crippen molar-refractivity contribution in [2.45, 2.75) is 66.5 Å². The second-order valence-electron chi connectivity index (χ2n) is 6.39. The molecule has 0 radical (unpaired) electrons. The van der Waals surface area contributed by atoms with Gasteiger partial charge in [0.15, 0.2) is 5.65 Å². The molecule has 3 unspecified atom stereocenters. The van der Waals surface area contributed by atoms with E-state index in [1.807, 2.05) is 23.7 Å². The van der Waals surface area contributed by atoms with Crippen molar-refractivity contribution in [2.24, 2.45) is 5.92 Å². The van der Waals surface area contributed by atoms with Crippen molar-refractivity contribution in [3.05, 3.63) is 29.2 Å². The largest absolute Gasteiger partial charge is 0.308 e. The highest BCUT2D eigenvalue weighted by Crippen LogP contribution is 2.20. The minimum absolute atomic E-state index is 0.283. The second kappa shape index (κ2) is 6.56. The van der Waals surface area contributed by atoms with Crippen LogP contribution in [0.4, 0.5) is 0 Å². The van der Waals surface area contributed by atoms with Crippen molar-refractivity contribution in [2.75, 3.05) is 0 Å². The van der Waals surface area contributed by atoms with Gasteiger partial charge in [0.1, 0.15) is 0 Å². The Kier molecular flexibility index (Phi) is 4.99. The summed E-state index contributed by atoms with van der Waals surface area (Å²) in [7, 11) is 0. The van der Waals surface area contributed by atoms with Gasteiger partial charge in [-0.25, -0.2) is 9.50 Å². The molecule has 1 N–H and O–H groups in total. The Hall–Kier alpha value is -1.42. The molecule has 0 bridgehead atoms. The normalized spacial score (nSPS) is 16.1. The minimum Gasteiger partial charge on any atom is -0.308 e. The van der Waals surface area contributed by atoms with Gasteiger partial charge in [-0.15, -0.1) is 0 Å². The highest BCUT2D eigenvalue weighted by molar-refractivity contribution is 5.42. The van der Waals surface area contributed by atoms with Crippen LogP contribution in [0.25, 0.3) is 5.65 Å². The van der Waals surface area contributed by atoms with E-state index in [2.05, 4.69) is 50.0 Å². The first-order valence-corrected chi connectivity index (χ1v) is 8.00. The lowest BCUT2D eigenvalue weighted by Crippen LogP contribution is -2.31. The monoisotopic (exact) mass is 288 g/mol. The van der Waals surface area contributed by atoms with Gasteiger partial charge in [0, 0.05) is 35.6 Å². The van der Waals surface area contributed by atoms with Crippen molar-refractivity contribution >= 4 is 5.65 Å². The van der Waals surface area contributed by atoms with E-state index in [1.54, 1.807) is 0 Å². The molecule has 2 aromatic heterocycles. The summed E-state index contributed by atoms with van der Waals surface area (Å²) in [5, 5.41) is 8.22. The number of fused-ring (bicyclic) bond motifs is 1. The van der Waals surface area contributed by atoms with E-state index in [0.29, 0.717) is 6.04 Å². The Balaban J connectivity index is 2.15. The van der Waals surface area contributed by atoms with E-state index in [9.17, 15) is 0 Å². The molecule has 21 heavy (non-hydrogen) atoms. The first kappa shape index (κ1) is 16.0. The Labute approximate surface area is 128 Å². The summed E-state index contributed by atoms with van der Waals surface area (Å²) in [5.74, 6) is 0.759. The summed E-state index contributed by atoms with van der Waals surface area (Å²) < 4.78 is 1.95. The average Bonchev–Trinajstić information content (AvgIpc) is 2.80. The predicted octanol–water partition coefficient (Wildman–Crippen LogP) is 3.82. The van der Waals surface area contributed by atoms with E-state index >= 15 is 0 Å². The SMILES string of the molecule is CCC(C)CC(C)NC(C)c1cnc2cc(C)nn2c1C. The van der Waals surface area contributed by atoms with Gasteiger partial charge in [-0.2, -0.15) is 5.10 Å². The summed E-state index contributed by atoms with van der Waals surface area (Å²) >= 11 is 0. The van der Waals surface area contributed by atoms with E-state index in [0.717, 1.165) is 17.3 Å². The molecule has 2 rings (SSSR count). The first-order valence-electron chi connectivity index (χ1n) is 8.00. The first-order chi connectivity index (χ1) is 9.92. The smallest absolute Gasteiger partial charge is 0.155 e. The van der Waals surface area contributed by atoms with Gasteiger partial charge in [0.2, 0.25) is 0 Å². The van der Waals surface area contributed by atoms with E-state index < -0.39 is 0 Å². The number of aryl methyl sites for hydroxylation is 2. The van der Waals surface area contributed by atoms with Crippen molar-refractivity contribution in [1.29, 1.82) is 0 Å². The number of nitrogens with zero attached hydrogens (tertiary/aromatic N) is 3. The highest BCUT2D eigenvalue weighted by Gasteiger charge is 2.16. The molecule has 2 aromatic rings. The Morgan fingerprint density at radius 2 is 1.95 bits per heavy atom. The van der Waals surface area contributed by atoms with Crippen molar-refractivity contribution in [3.63, 3.8) is 0 Å². The van der Waals surface area contributed by atoms with Gasteiger partial charge in [-0.05, 0) is 40.0 Å². The van der Waals surface area contributed by atoms with Crippen LogP contribution in [0.3, 0.4) is 0 Å². The fraction of sp³-hybridized carbons (Fsp3) is 0.647. The van der Waals surface area contributed by atoms with Crippen LogP contribution in [0.15, 0.2) is 12.3 Å². The lowest BCUT2D eigenvalue weighted by molar-refractivity contribution is 0.384. The lowest BCUT2D eigenvalue weighted by atomic mass is 9.99. The molecular formula is C17H28N4. The maximum atomic E-state index is 4.53. The van der Waals surface area contributed by atoms with Gasteiger partial charge in [-0.3, -0.25) is 0 Å². The zero-order valence-corrected chi connectivity index (χ0v) is 14.1. The molecule has 0 saturated heterocycles. The van der Waals surface area contributed by atoms with Crippen LogP contribution in [0, 0.1) is 19.8 Å². The fourth-order valence-electron chi connectivity index (χ4n) is 2.96. The maximum absolute atomic E-state index is 4.53. The van der Waals surface area contributed by atoms with E-state index in [1.165, 1.54) is 24.1 Å². The maximum Gasteiger partial charge on any atom is 0.155 e. The minimum atomic E-state index is 0.283. The van der Waals surface area contributed by atoms with Crippen LogP contribution in [0.5, 0.6) is 0 Å². The van der Waals surface area contributed by atoms with E-state index in [4.69, 9.17) is 0 Å². The average molecular weight is 288 g/mol. The third-order valence-electron chi connectivity index (χ3n) is 4.34. The zero-order valence-electron chi connectivity index (χ0n) is 14.1. The number of rotatable bonds is 6. The molecule has 0 spiro atoms. The number of nitrogens with one attached hydrogen (secondary N) is 1. The van der Waals surface area contributed by atoms with Gasteiger partial charge in [0.05, 0.1) is 5.69 Å². The van der Waals surface area contributed by atoms with Gasteiger partial charge < -0.3 is 5.32 Å². The quantitative estimate of drug-likeness (QED) is 0.878. The third-order valence-corrected chi connectivity index (χ3v) is 4.34. The predicted molar refractivity (Wildman–Crippen MR) is 87.5 cm³/mol. The zero-order chi connectivity index (χ0) is 15.6. The van der Waals surface area contributed by atoms with Gasteiger partial charge in [0.25, 0.3) is 0 Å². The van der Waals surface area contributed by atoms with Crippen LogP contribution in [-0.4, -0.2) is 20.6 Å². The standard InChI is InChI=1S/C17H28N4/c1-7-11(2)8-12(3)19-14(5)16-10-18-17-9-13(4)20-21(17)15(16)6/h9-12,14,19H,7-8H2,1-6H3. The topological polar surface area (TPSA) is 42.2 Å². The lowest BCUT2D eigenvalue weighted by Gasteiger charge is -2.23. The molecule has 3 atom stereocenters. The molecule has 0 aliphatic rings. The van der Waals surface area contributed by atoms with Crippen molar-refractivity contribution in [1.82, 2.24) is 19.9 Å². The molecule has 4 nitrogen and oxygen atoms in total. The molecule has 0 fully saturated rings. The summed E-state index contributed by atoms with van der Waals surface area (Å²) in [6, 6.07) is 2.80. The molecule has 0 saturated carbocycles. The van der Waals surface area contributed by atoms with Gasteiger partial charge in [-0.1, -0.05) is 20.3 Å². The molecule has 4 heteroatoms. The van der Waals surface area contributed by atoms with Crippen LogP contribution >= 0.6 is 0 Å². The van der Waals surface area contributed by atoms with Crippen LogP contribution in [0.1, 0.15) is 63.5 Å². The van der Waals surface area contributed by atoms with Crippen LogP contribution in [-0.2, 0) is 0 Å². The molecule has 0 aromatic carbocycles. The Morgan fingerprint density at radius 3 is 2.62 bits per heavy atom. The second-order valence-corrected chi connectivity index (χ2v) is 6.39. The Morgan fingerprint density at radius 1 is 1.24 bits per heavy atom. The fourth-order valence-corrected chi connectivity index (χ4v) is 2.96. The molecule has 0 aliphatic carbocycles. The summed E-state index contributed by atoms with van der Waals surface area (Å²) in [5.41, 5.74) is 4.33. The highest BCUT2D eigenvalue weighted by atomic mass is 15.3. The summed E-state index contributed by atoms with van der Waals surface area (Å²) in [6.45, 7) is 13.2.